The second-order valence-corrected chi connectivity index (χ2v) is 5.51. The van der Waals surface area contributed by atoms with Gasteiger partial charge < -0.3 is 14.7 Å². The largest absolute Gasteiger partial charge is 0.493 e. The molecule has 0 aliphatic carbocycles. The Bertz CT molecular complexity index is 444. The van der Waals surface area contributed by atoms with Gasteiger partial charge in [-0.15, -0.1) is 0 Å². The summed E-state index contributed by atoms with van der Waals surface area (Å²) in [4.78, 5) is 13.9. The van der Waals surface area contributed by atoms with E-state index in [4.69, 9.17) is 4.74 Å². The number of aryl methyl sites for hydroxylation is 1. The van der Waals surface area contributed by atoms with E-state index in [1.165, 1.54) is 5.56 Å². The van der Waals surface area contributed by atoms with Gasteiger partial charge in [0.2, 0.25) is 5.91 Å². The number of nitrogens with zero attached hydrogens (tertiary/aromatic N) is 1. The van der Waals surface area contributed by atoms with E-state index in [2.05, 4.69) is 6.92 Å². The molecule has 1 heterocycles. The molecule has 20 heavy (non-hydrogen) atoms. The Morgan fingerprint density at radius 3 is 2.75 bits per heavy atom. The van der Waals surface area contributed by atoms with E-state index < -0.39 is 0 Å². The van der Waals surface area contributed by atoms with Crippen LogP contribution in [0.5, 0.6) is 5.75 Å². The van der Waals surface area contributed by atoms with Gasteiger partial charge in [-0.3, -0.25) is 4.79 Å². The zero-order valence-corrected chi connectivity index (χ0v) is 12.2. The van der Waals surface area contributed by atoms with Gasteiger partial charge in [0.1, 0.15) is 5.75 Å². The van der Waals surface area contributed by atoms with Crippen LogP contribution in [0.1, 0.15) is 25.3 Å². The first kappa shape index (κ1) is 14.9. The van der Waals surface area contributed by atoms with E-state index in [-0.39, 0.29) is 18.6 Å². The molecule has 1 aromatic rings. The number of carbonyl (C=O) groups is 1. The van der Waals surface area contributed by atoms with Gasteiger partial charge in [0, 0.05) is 6.54 Å². The van der Waals surface area contributed by atoms with Crippen LogP contribution in [-0.2, 0) is 4.79 Å². The molecule has 110 valence electrons. The van der Waals surface area contributed by atoms with Gasteiger partial charge in [0.05, 0.1) is 25.7 Å². The second-order valence-electron chi connectivity index (χ2n) is 5.51. The zero-order chi connectivity index (χ0) is 14.5. The van der Waals surface area contributed by atoms with Crippen molar-refractivity contribution in [2.45, 2.75) is 32.7 Å². The van der Waals surface area contributed by atoms with Crippen LogP contribution >= 0.6 is 0 Å². The van der Waals surface area contributed by atoms with Crippen LogP contribution in [0.15, 0.2) is 24.3 Å². The first-order valence-corrected chi connectivity index (χ1v) is 7.21. The minimum Gasteiger partial charge on any atom is -0.493 e. The lowest BCUT2D eigenvalue weighted by Crippen LogP contribution is -2.40. The molecule has 1 aliphatic rings. The van der Waals surface area contributed by atoms with E-state index in [1.54, 1.807) is 4.90 Å². The van der Waals surface area contributed by atoms with Crippen LogP contribution in [-0.4, -0.2) is 41.7 Å². The highest BCUT2D eigenvalue weighted by molar-refractivity contribution is 5.77. The molecule has 4 nitrogen and oxygen atoms in total. The first-order valence-electron chi connectivity index (χ1n) is 7.21. The molecule has 1 aromatic carbocycles. The maximum Gasteiger partial charge on any atom is 0.226 e. The highest BCUT2D eigenvalue weighted by atomic mass is 16.5. The Labute approximate surface area is 120 Å². The van der Waals surface area contributed by atoms with Crippen molar-refractivity contribution < 1.29 is 14.6 Å². The summed E-state index contributed by atoms with van der Waals surface area (Å²) in [5.74, 6) is 1.24. The molecule has 2 rings (SSSR count). The minimum absolute atomic E-state index is 0.0260. The Morgan fingerprint density at radius 1 is 1.40 bits per heavy atom. The molecule has 1 fully saturated rings. The minimum atomic E-state index is -0.0260. The molecule has 1 N–H and O–H groups in total. The quantitative estimate of drug-likeness (QED) is 0.895. The molecule has 0 spiro atoms. The van der Waals surface area contributed by atoms with Crippen LogP contribution in [0, 0.1) is 12.8 Å². The Morgan fingerprint density at radius 2 is 2.10 bits per heavy atom. The molecule has 4 heteroatoms. The van der Waals surface area contributed by atoms with Crippen molar-refractivity contribution in [3.8, 4) is 5.75 Å². The maximum atomic E-state index is 12.1. The number of benzene rings is 1. The summed E-state index contributed by atoms with van der Waals surface area (Å²) < 4.78 is 5.58. The van der Waals surface area contributed by atoms with Gasteiger partial charge in [0.15, 0.2) is 0 Å². The van der Waals surface area contributed by atoms with E-state index in [0.29, 0.717) is 18.9 Å². The SMILES string of the molecule is Cc1ccc(OCCC(=O)N2CCC(C)C2CO)cc1. The standard InChI is InChI=1S/C16H23NO3/c1-12-3-5-14(6-4-12)20-10-8-16(19)17-9-7-13(2)15(17)11-18/h3-6,13,15,18H,7-11H2,1-2H3. The fraction of sp³-hybridized carbons (Fsp3) is 0.562. The molecule has 1 amide bonds. The second kappa shape index (κ2) is 6.75. The molecular weight excluding hydrogens is 254 g/mol. The lowest BCUT2D eigenvalue weighted by atomic mass is 10.0. The molecule has 0 radical (unpaired) electrons. The summed E-state index contributed by atoms with van der Waals surface area (Å²) in [5, 5.41) is 9.36. The summed E-state index contributed by atoms with van der Waals surface area (Å²) in [6.45, 7) is 5.28. The fourth-order valence-electron chi connectivity index (χ4n) is 2.63. The van der Waals surface area contributed by atoms with Crippen LogP contribution in [0.3, 0.4) is 0 Å². The molecule has 2 atom stereocenters. The zero-order valence-electron chi connectivity index (χ0n) is 12.2. The van der Waals surface area contributed by atoms with Crippen molar-refractivity contribution in [1.82, 2.24) is 4.90 Å². The third-order valence-corrected chi connectivity index (χ3v) is 4.00. The summed E-state index contributed by atoms with van der Waals surface area (Å²) in [7, 11) is 0. The summed E-state index contributed by atoms with van der Waals surface area (Å²) >= 11 is 0. The first-order chi connectivity index (χ1) is 9.61. The third kappa shape index (κ3) is 3.51. The van der Waals surface area contributed by atoms with Crippen LogP contribution < -0.4 is 4.74 Å². The smallest absolute Gasteiger partial charge is 0.226 e. The summed E-state index contributed by atoms with van der Waals surface area (Å²) in [6.07, 6.45) is 1.33. The summed E-state index contributed by atoms with van der Waals surface area (Å²) in [5.41, 5.74) is 1.19. The van der Waals surface area contributed by atoms with Crippen molar-refractivity contribution in [3.63, 3.8) is 0 Å². The normalized spacial score (nSPS) is 22.1. The number of amides is 1. The van der Waals surface area contributed by atoms with Crippen molar-refractivity contribution in [1.29, 1.82) is 0 Å². The van der Waals surface area contributed by atoms with Crippen molar-refractivity contribution in [2.75, 3.05) is 19.8 Å². The molecule has 0 saturated carbocycles. The van der Waals surface area contributed by atoms with Crippen LogP contribution in [0.25, 0.3) is 0 Å². The molecular formula is C16H23NO3. The van der Waals surface area contributed by atoms with E-state index >= 15 is 0 Å². The number of rotatable bonds is 5. The van der Waals surface area contributed by atoms with Gasteiger partial charge in [-0.25, -0.2) is 0 Å². The predicted octanol–water partition coefficient (Wildman–Crippen LogP) is 1.99. The van der Waals surface area contributed by atoms with Crippen molar-refractivity contribution in [3.05, 3.63) is 29.8 Å². The van der Waals surface area contributed by atoms with Gasteiger partial charge in [-0.05, 0) is 31.4 Å². The fourth-order valence-corrected chi connectivity index (χ4v) is 2.63. The topological polar surface area (TPSA) is 49.8 Å². The maximum absolute atomic E-state index is 12.1. The lowest BCUT2D eigenvalue weighted by Gasteiger charge is -2.25. The van der Waals surface area contributed by atoms with Crippen LogP contribution in [0.4, 0.5) is 0 Å². The average Bonchev–Trinajstić information content (AvgIpc) is 2.82. The van der Waals surface area contributed by atoms with Gasteiger partial charge in [0.25, 0.3) is 0 Å². The highest BCUT2D eigenvalue weighted by Crippen LogP contribution is 2.24. The summed E-state index contributed by atoms with van der Waals surface area (Å²) in [6, 6.07) is 7.77. The Hall–Kier alpha value is -1.55. The van der Waals surface area contributed by atoms with Gasteiger partial charge >= 0.3 is 0 Å². The number of aliphatic hydroxyl groups is 1. The number of hydrogen-bond acceptors (Lipinski definition) is 3. The monoisotopic (exact) mass is 277 g/mol. The number of carbonyl (C=O) groups excluding carboxylic acids is 1. The van der Waals surface area contributed by atoms with Crippen molar-refractivity contribution in [2.24, 2.45) is 5.92 Å². The molecule has 2 unspecified atom stereocenters. The number of aliphatic hydroxyl groups excluding tert-OH is 1. The number of ether oxygens (including phenoxy) is 1. The molecule has 1 saturated heterocycles. The average molecular weight is 277 g/mol. The van der Waals surface area contributed by atoms with E-state index in [0.717, 1.165) is 18.7 Å². The molecule has 1 aliphatic heterocycles. The number of likely N-dealkylation sites (tertiary alicyclic amines) is 1. The predicted molar refractivity (Wildman–Crippen MR) is 77.7 cm³/mol. The van der Waals surface area contributed by atoms with Crippen molar-refractivity contribution >= 4 is 5.91 Å². The molecule has 0 bridgehead atoms. The van der Waals surface area contributed by atoms with Crippen LogP contribution in [0.2, 0.25) is 0 Å². The highest BCUT2D eigenvalue weighted by Gasteiger charge is 2.33. The Balaban J connectivity index is 1.79. The third-order valence-electron chi connectivity index (χ3n) is 4.00. The molecule has 0 aromatic heterocycles. The Kier molecular flexibility index (Phi) is 5.01. The number of hydrogen-bond donors (Lipinski definition) is 1. The lowest BCUT2D eigenvalue weighted by molar-refractivity contribution is -0.133. The van der Waals surface area contributed by atoms with E-state index in [9.17, 15) is 9.90 Å². The van der Waals surface area contributed by atoms with Gasteiger partial charge in [-0.2, -0.15) is 0 Å². The van der Waals surface area contributed by atoms with E-state index in [1.807, 2.05) is 31.2 Å². The van der Waals surface area contributed by atoms with Gasteiger partial charge in [-0.1, -0.05) is 24.6 Å².